The van der Waals surface area contributed by atoms with Gasteiger partial charge in [0, 0.05) is 19.3 Å². The highest BCUT2D eigenvalue weighted by atomic mass is 32.1. The number of nitrogens with one attached hydrogen (secondary N) is 1. The van der Waals surface area contributed by atoms with Gasteiger partial charge in [0.1, 0.15) is 5.75 Å². The van der Waals surface area contributed by atoms with Gasteiger partial charge in [-0.2, -0.15) is 0 Å². The van der Waals surface area contributed by atoms with Crippen molar-refractivity contribution in [3.8, 4) is 5.75 Å². The zero-order valence-electron chi connectivity index (χ0n) is 19.0. The number of methoxy groups -OCH3 is 1. The third kappa shape index (κ3) is 5.03. The second kappa shape index (κ2) is 10.3. The number of amides is 1. The number of hydrogen-bond donors (Lipinski definition) is 1. The van der Waals surface area contributed by atoms with Gasteiger partial charge in [-0.3, -0.25) is 14.7 Å². The summed E-state index contributed by atoms with van der Waals surface area (Å²) in [5.74, 6) is 1.23. The van der Waals surface area contributed by atoms with E-state index in [1.807, 2.05) is 41.9 Å². The second-order valence-corrected chi connectivity index (χ2v) is 9.45. The molecule has 1 N–H and O–H groups in total. The number of nitrogens with zero attached hydrogens (tertiary/aromatic N) is 2. The molecule has 3 heterocycles. The van der Waals surface area contributed by atoms with Crippen LogP contribution in [0.4, 0.5) is 0 Å². The van der Waals surface area contributed by atoms with Crippen LogP contribution in [0.5, 0.6) is 5.75 Å². The number of carbonyl (C=O) groups is 1. The van der Waals surface area contributed by atoms with E-state index in [-0.39, 0.29) is 11.9 Å². The van der Waals surface area contributed by atoms with E-state index in [1.54, 1.807) is 7.11 Å². The van der Waals surface area contributed by atoms with Gasteiger partial charge in [0.2, 0.25) is 0 Å². The third-order valence-corrected chi connectivity index (χ3v) is 7.38. The molecule has 32 heavy (non-hydrogen) atoms. The molecule has 2 atom stereocenters. The molecule has 168 valence electrons. The molecule has 1 saturated heterocycles. The maximum Gasteiger partial charge on any atom is 0.261 e. The van der Waals surface area contributed by atoms with E-state index in [2.05, 4.69) is 41.2 Å². The lowest BCUT2D eigenvalue weighted by Crippen LogP contribution is -2.43. The SMILES string of the molecule is COc1ccc(CN2CCC[C@@H]([C@H](NC(=O)c3cccs3)c3ccccn3)C2)c(C)c1C. The molecule has 4 rings (SSSR count). The number of thiophene rings is 1. The van der Waals surface area contributed by atoms with E-state index in [1.165, 1.54) is 28.0 Å². The number of pyridine rings is 1. The van der Waals surface area contributed by atoms with Crippen molar-refractivity contribution in [1.82, 2.24) is 15.2 Å². The third-order valence-electron chi connectivity index (χ3n) is 6.51. The van der Waals surface area contributed by atoms with Crippen LogP contribution in [0.15, 0.2) is 54.0 Å². The summed E-state index contributed by atoms with van der Waals surface area (Å²) in [6.45, 7) is 7.19. The Bertz CT molecular complexity index is 1040. The number of carbonyl (C=O) groups excluding carboxylic acids is 1. The van der Waals surface area contributed by atoms with Crippen molar-refractivity contribution in [3.05, 3.63) is 81.3 Å². The Hall–Kier alpha value is -2.70. The fourth-order valence-corrected chi connectivity index (χ4v) is 5.23. The molecule has 0 radical (unpaired) electrons. The lowest BCUT2D eigenvalue weighted by molar-refractivity contribution is 0.0879. The summed E-state index contributed by atoms with van der Waals surface area (Å²) in [5, 5.41) is 5.23. The summed E-state index contributed by atoms with van der Waals surface area (Å²) >= 11 is 1.47. The molecule has 1 amide bonds. The molecule has 2 aromatic heterocycles. The standard InChI is InChI=1S/C26H31N3O2S/c1-18-19(2)23(31-3)12-11-20(18)16-29-14-6-8-21(17-29)25(22-9-4-5-13-27-22)28-26(30)24-10-7-15-32-24/h4-5,7,9-13,15,21,25H,6,8,14,16-17H2,1-3H3,(H,28,30)/t21-,25+/m1/s1. The zero-order valence-corrected chi connectivity index (χ0v) is 19.8. The minimum absolute atomic E-state index is 0.0191. The van der Waals surface area contributed by atoms with Crippen LogP contribution in [-0.4, -0.2) is 36.0 Å². The first kappa shape index (κ1) is 22.5. The second-order valence-electron chi connectivity index (χ2n) is 8.50. The van der Waals surface area contributed by atoms with Crippen molar-refractivity contribution in [1.29, 1.82) is 0 Å². The van der Waals surface area contributed by atoms with Crippen molar-refractivity contribution in [2.75, 3.05) is 20.2 Å². The van der Waals surface area contributed by atoms with Crippen LogP contribution >= 0.6 is 11.3 Å². The highest BCUT2D eigenvalue weighted by Gasteiger charge is 2.31. The quantitative estimate of drug-likeness (QED) is 0.542. The Kier molecular flexibility index (Phi) is 7.22. The van der Waals surface area contributed by atoms with Crippen molar-refractivity contribution < 1.29 is 9.53 Å². The predicted octanol–water partition coefficient (Wildman–Crippen LogP) is 5.15. The summed E-state index contributed by atoms with van der Waals surface area (Å²) in [6, 6.07) is 13.9. The number of benzene rings is 1. The lowest BCUT2D eigenvalue weighted by atomic mass is 9.88. The van der Waals surface area contributed by atoms with Crippen molar-refractivity contribution in [3.63, 3.8) is 0 Å². The van der Waals surface area contributed by atoms with Gasteiger partial charge < -0.3 is 10.1 Å². The monoisotopic (exact) mass is 449 g/mol. The Labute approximate surface area is 194 Å². The van der Waals surface area contributed by atoms with Crippen molar-refractivity contribution in [2.45, 2.75) is 39.3 Å². The molecule has 1 aliphatic rings. The fourth-order valence-electron chi connectivity index (χ4n) is 4.61. The van der Waals surface area contributed by atoms with Gasteiger partial charge in [0.25, 0.3) is 5.91 Å². The molecule has 6 heteroatoms. The van der Waals surface area contributed by atoms with E-state index in [9.17, 15) is 4.79 Å². The maximum atomic E-state index is 12.9. The molecule has 1 aliphatic heterocycles. The average Bonchev–Trinajstić information content (AvgIpc) is 3.37. The first-order chi connectivity index (χ1) is 15.6. The Morgan fingerprint density at radius 2 is 2.09 bits per heavy atom. The van der Waals surface area contributed by atoms with Crippen LogP contribution in [0.1, 0.15) is 50.9 Å². The normalized spacial score (nSPS) is 17.7. The van der Waals surface area contributed by atoms with E-state index < -0.39 is 0 Å². The van der Waals surface area contributed by atoms with Crippen molar-refractivity contribution >= 4 is 17.2 Å². The van der Waals surface area contributed by atoms with Gasteiger partial charge in [-0.25, -0.2) is 0 Å². The van der Waals surface area contributed by atoms with Crippen LogP contribution in [0.25, 0.3) is 0 Å². The number of aromatic nitrogens is 1. The fraction of sp³-hybridized carbons (Fsp3) is 0.385. The Morgan fingerprint density at radius 3 is 2.81 bits per heavy atom. The number of rotatable bonds is 7. The van der Waals surface area contributed by atoms with E-state index in [0.717, 1.165) is 48.8 Å². The number of hydrogen-bond acceptors (Lipinski definition) is 5. The molecule has 3 aromatic rings. The summed E-state index contributed by atoms with van der Waals surface area (Å²) in [4.78, 5) is 20.7. The van der Waals surface area contributed by atoms with Crippen LogP contribution in [0.3, 0.4) is 0 Å². The van der Waals surface area contributed by atoms with Crippen LogP contribution in [0, 0.1) is 19.8 Å². The summed E-state index contributed by atoms with van der Waals surface area (Å²) in [6.07, 6.45) is 3.99. The maximum absolute atomic E-state index is 12.9. The van der Waals surface area contributed by atoms with E-state index in [0.29, 0.717) is 5.92 Å². The molecule has 0 bridgehead atoms. The predicted molar refractivity (Wildman–Crippen MR) is 129 cm³/mol. The Morgan fingerprint density at radius 1 is 1.22 bits per heavy atom. The number of likely N-dealkylation sites (tertiary alicyclic amines) is 1. The molecular weight excluding hydrogens is 418 g/mol. The minimum Gasteiger partial charge on any atom is -0.496 e. The topological polar surface area (TPSA) is 54.5 Å². The van der Waals surface area contributed by atoms with Gasteiger partial charge in [-0.1, -0.05) is 18.2 Å². The first-order valence-corrected chi connectivity index (χ1v) is 12.1. The minimum atomic E-state index is -0.104. The highest BCUT2D eigenvalue weighted by Crippen LogP contribution is 2.31. The van der Waals surface area contributed by atoms with Crippen LogP contribution < -0.4 is 10.1 Å². The van der Waals surface area contributed by atoms with Gasteiger partial charge in [0.15, 0.2) is 0 Å². The smallest absolute Gasteiger partial charge is 0.261 e. The largest absolute Gasteiger partial charge is 0.496 e. The van der Waals surface area contributed by atoms with Gasteiger partial charge in [0.05, 0.1) is 23.7 Å². The highest BCUT2D eigenvalue weighted by molar-refractivity contribution is 7.12. The van der Waals surface area contributed by atoms with E-state index in [4.69, 9.17) is 4.74 Å². The lowest BCUT2D eigenvalue weighted by Gasteiger charge is -2.37. The summed E-state index contributed by atoms with van der Waals surface area (Å²) < 4.78 is 5.48. The number of piperidine rings is 1. The van der Waals surface area contributed by atoms with Crippen LogP contribution in [0.2, 0.25) is 0 Å². The Balaban J connectivity index is 1.52. The first-order valence-electron chi connectivity index (χ1n) is 11.2. The summed E-state index contributed by atoms with van der Waals surface area (Å²) in [7, 11) is 1.72. The molecule has 1 aromatic carbocycles. The van der Waals surface area contributed by atoms with Crippen LogP contribution in [-0.2, 0) is 6.54 Å². The average molecular weight is 450 g/mol. The molecule has 5 nitrogen and oxygen atoms in total. The zero-order chi connectivity index (χ0) is 22.5. The van der Waals surface area contributed by atoms with E-state index >= 15 is 0 Å². The summed E-state index contributed by atoms with van der Waals surface area (Å²) in [5.41, 5.74) is 4.76. The molecule has 0 unspecified atom stereocenters. The molecule has 0 saturated carbocycles. The van der Waals surface area contributed by atoms with Crippen molar-refractivity contribution in [2.24, 2.45) is 5.92 Å². The molecule has 0 spiro atoms. The molecule has 1 fully saturated rings. The molecule has 0 aliphatic carbocycles. The van der Waals surface area contributed by atoms with Gasteiger partial charge >= 0.3 is 0 Å². The van der Waals surface area contributed by atoms with Gasteiger partial charge in [-0.05, 0) is 85.5 Å². The van der Waals surface area contributed by atoms with Gasteiger partial charge in [-0.15, -0.1) is 11.3 Å². The number of ether oxygens (including phenoxy) is 1. The molecular formula is C26H31N3O2S.